The molecule has 0 aromatic carbocycles. The Labute approximate surface area is 183 Å². The molecule has 4 heterocycles. The third-order valence-electron chi connectivity index (χ3n) is 5.74. The molecule has 3 aromatic heterocycles. The van der Waals surface area contributed by atoms with Crippen molar-refractivity contribution in [2.45, 2.75) is 39.8 Å². The van der Waals surface area contributed by atoms with Crippen molar-refractivity contribution in [3.05, 3.63) is 57.2 Å². The third-order valence-corrected chi connectivity index (χ3v) is 6.94. The molecule has 0 atom stereocenters. The molecule has 8 nitrogen and oxygen atoms in total. The summed E-state index contributed by atoms with van der Waals surface area (Å²) in [6.45, 7) is 5.70. The van der Waals surface area contributed by atoms with Crippen molar-refractivity contribution in [1.29, 1.82) is 0 Å². The molecule has 1 saturated heterocycles. The Morgan fingerprint density at radius 1 is 1.29 bits per heavy atom. The zero-order chi connectivity index (χ0) is 22.0. The molecule has 1 fully saturated rings. The molecule has 0 saturated carbocycles. The number of likely N-dealkylation sites (tertiary alicyclic amines) is 1. The molecular formula is C22H25N5O3S. The van der Waals surface area contributed by atoms with Gasteiger partial charge in [0.05, 0.1) is 16.6 Å². The SMILES string of the molecule is Cc1c(C(=O)NCc2cccnc2)sc2ncn(CC(=O)N3CCC(C)CC3)c(=O)c12. The summed E-state index contributed by atoms with van der Waals surface area (Å²) in [6, 6.07) is 3.69. The first-order valence-corrected chi connectivity index (χ1v) is 11.2. The topological polar surface area (TPSA) is 97.2 Å². The van der Waals surface area contributed by atoms with Crippen molar-refractivity contribution in [2.75, 3.05) is 13.1 Å². The van der Waals surface area contributed by atoms with E-state index in [1.165, 1.54) is 22.2 Å². The van der Waals surface area contributed by atoms with E-state index in [1.54, 1.807) is 19.3 Å². The van der Waals surface area contributed by atoms with Crippen LogP contribution in [0.1, 0.15) is 40.6 Å². The van der Waals surface area contributed by atoms with Crippen LogP contribution in [0.4, 0.5) is 0 Å². The molecule has 4 rings (SSSR count). The smallest absolute Gasteiger partial charge is 0.262 e. The van der Waals surface area contributed by atoms with Gasteiger partial charge >= 0.3 is 0 Å². The van der Waals surface area contributed by atoms with Crippen molar-refractivity contribution < 1.29 is 9.59 Å². The first-order valence-electron chi connectivity index (χ1n) is 10.4. The van der Waals surface area contributed by atoms with E-state index in [0.717, 1.165) is 31.5 Å². The van der Waals surface area contributed by atoms with Crippen molar-refractivity contribution in [2.24, 2.45) is 5.92 Å². The summed E-state index contributed by atoms with van der Waals surface area (Å²) < 4.78 is 1.35. The van der Waals surface area contributed by atoms with Gasteiger partial charge in [0.15, 0.2) is 0 Å². The molecule has 162 valence electrons. The molecule has 0 spiro atoms. The average molecular weight is 440 g/mol. The van der Waals surface area contributed by atoms with Crippen LogP contribution in [0.25, 0.3) is 10.2 Å². The maximum absolute atomic E-state index is 13.1. The fraction of sp³-hybridized carbons (Fsp3) is 0.409. The number of aryl methyl sites for hydroxylation is 1. The lowest BCUT2D eigenvalue weighted by Gasteiger charge is -2.30. The van der Waals surface area contributed by atoms with Gasteiger partial charge in [-0.15, -0.1) is 11.3 Å². The molecule has 2 amide bonds. The van der Waals surface area contributed by atoms with Gasteiger partial charge in [0.1, 0.15) is 11.4 Å². The summed E-state index contributed by atoms with van der Waals surface area (Å²) in [5.74, 6) is 0.298. The van der Waals surface area contributed by atoms with Crippen molar-refractivity contribution in [1.82, 2.24) is 24.8 Å². The lowest BCUT2D eigenvalue weighted by Crippen LogP contribution is -2.41. The van der Waals surface area contributed by atoms with E-state index in [-0.39, 0.29) is 23.9 Å². The van der Waals surface area contributed by atoms with Crippen molar-refractivity contribution in [3.63, 3.8) is 0 Å². The van der Waals surface area contributed by atoms with Gasteiger partial charge in [-0.1, -0.05) is 13.0 Å². The Hall–Kier alpha value is -3.07. The summed E-state index contributed by atoms with van der Waals surface area (Å²) in [4.78, 5) is 49.6. The summed E-state index contributed by atoms with van der Waals surface area (Å²) in [7, 11) is 0. The molecule has 1 aliphatic heterocycles. The Morgan fingerprint density at radius 2 is 2.06 bits per heavy atom. The molecular weight excluding hydrogens is 414 g/mol. The predicted octanol–water partition coefficient (Wildman–Crippen LogP) is 2.35. The maximum Gasteiger partial charge on any atom is 0.262 e. The van der Waals surface area contributed by atoms with E-state index in [2.05, 4.69) is 22.2 Å². The number of fused-ring (bicyclic) bond motifs is 1. The third kappa shape index (κ3) is 4.51. The standard InChI is InChI=1S/C22H25N5O3S/c1-14-5-8-26(9-6-14)17(28)12-27-13-25-21-18(22(27)30)15(2)19(31-21)20(29)24-11-16-4-3-7-23-10-16/h3-4,7,10,13-14H,5-6,8-9,11-12H2,1-2H3,(H,24,29). The van der Waals surface area contributed by atoms with Crippen LogP contribution in [0.3, 0.4) is 0 Å². The number of aromatic nitrogens is 3. The van der Waals surface area contributed by atoms with Crippen LogP contribution in [0.15, 0.2) is 35.6 Å². The number of carbonyl (C=O) groups is 2. The van der Waals surface area contributed by atoms with Gasteiger partial charge in [-0.2, -0.15) is 0 Å². The second-order valence-corrected chi connectivity index (χ2v) is 9.02. The second kappa shape index (κ2) is 8.97. The van der Waals surface area contributed by atoms with Gasteiger partial charge in [0.25, 0.3) is 11.5 Å². The van der Waals surface area contributed by atoms with Crippen LogP contribution in [0, 0.1) is 12.8 Å². The molecule has 3 aromatic rings. The first-order chi connectivity index (χ1) is 14.9. The van der Waals surface area contributed by atoms with E-state index >= 15 is 0 Å². The number of piperidine rings is 1. The van der Waals surface area contributed by atoms with Crippen LogP contribution >= 0.6 is 11.3 Å². The van der Waals surface area contributed by atoms with Crippen LogP contribution in [0.2, 0.25) is 0 Å². The molecule has 0 unspecified atom stereocenters. The minimum atomic E-state index is -0.288. The van der Waals surface area contributed by atoms with E-state index in [1.807, 2.05) is 17.0 Å². The Balaban J connectivity index is 1.52. The van der Waals surface area contributed by atoms with E-state index in [0.29, 0.717) is 33.1 Å². The van der Waals surface area contributed by atoms with Gasteiger partial charge in [0, 0.05) is 32.0 Å². The second-order valence-electron chi connectivity index (χ2n) is 8.02. The minimum absolute atomic E-state index is 0.0338. The Bertz CT molecular complexity index is 1160. The number of carbonyl (C=O) groups excluding carboxylic acids is 2. The van der Waals surface area contributed by atoms with Gasteiger partial charge in [-0.05, 0) is 42.9 Å². The molecule has 9 heteroatoms. The first kappa shape index (κ1) is 21.2. The number of thiophene rings is 1. The number of hydrogen-bond donors (Lipinski definition) is 1. The Kier molecular flexibility index (Phi) is 6.13. The van der Waals surface area contributed by atoms with Crippen LogP contribution in [0.5, 0.6) is 0 Å². The van der Waals surface area contributed by atoms with Crippen molar-refractivity contribution >= 4 is 33.4 Å². The number of hydrogen-bond acceptors (Lipinski definition) is 6. The van der Waals surface area contributed by atoms with Gasteiger partial charge in [-0.3, -0.25) is 23.9 Å². The van der Waals surface area contributed by atoms with E-state index in [4.69, 9.17) is 0 Å². The highest BCUT2D eigenvalue weighted by molar-refractivity contribution is 7.20. The summed E-state index contributed by atoms with van der Waals surface area (Å²) in [5, 5.41) is 3.27. The zero-order valence-corrected chi connectivity index (χ0v) is 18.4. The molecule has 0 aliphatic carbocycles. The van der Waals surface area contributed by atoms with Crippen LogP contribution in [-0.2, 0) is 17.9 Å². The highest BCUT2D eigenvalue weighted by Gasteiger charge is 2.23. The summed E-state index contributed by atoms with van der Waals surface area (Å²) >= 11 is 1.19. The fourth-order valence-corrected chi connectivity index (χ4v) is 4.81. The maximum atomic E-state index is 13.1. The van der Waals surface area contributed by atoms with Crippen molar-refractivity contribution in [3.8, 4) is 0 Å². The largest absolute Gasteiger partial charge is 0.347 e. The molecule has 0 bridgehead atoms. The van der Waals surface area contributed by atoms with Gasteiger partial charge in [-0.25, -0.2) is 4.98 Å². The Morgan fingerprint density at radius 3 is 2.77 bits per heavy atom. The van der Waals surface area contributed by atoms with Crippen LogP contribution in [-0.4, -0.2) is 44.3 Å². The highest BCUT2D eigenvalue weighted by Crippen LogP contribution is 2.27. The predicted molar refractivity (Wildman–Crippen MR) is 119 cm³/mol. The quantitative estimate of drug-likeness (QED) is 0.658. The number of amides is 2. The summed E-state index contributed by atoms with van der Waals surface area (Å²) in [5.41, 5.74) is 1.19. The van der Waals surface area contributed by atoms with Gasteiger partial charge < -0.3 is 10.2 Å². The van der Waals surface area contributed by atoms with E-state index in [9.17, 15) is 14.4 Å². The monoisotopic (exact) mass is 439 g/mol. The fourth-order valence-electron chi connectivity index (χ4n) is 3.76. The minimum Gasteiger partial charge on any atom is -0.347 e. The molecule has 1 N–H and O–H groups in total. The lowest BCUT2D eigenvalue weighted by atomic mass is 9.99. The molecule has 31 heavy (non-hydrogen) atoms. The number of rotatable bonds is 5. The number of nitrogens with zero attached hydrogens (tertiary/aromatic N) is 4. The number of nitrogens with one attached hydrogen (secondary N) is 1. The van der Waals surface area contributed by atoms with Gasteiger partial charge in [0.2, 0.25) is 5.91 Å². The van der Waals surface area contributed by atoms with E-state index < -0.39 is 0 Å². The summed E-state index contributed by atoms with van der Waals surface area (Å²) in [6.07, 6.45) is 6.74. The average Bonchev–Trinajstić information content (AvgIpc) is 3.12. The molecule has 1 aliphatic rings. The zero-order valence-electron chi connectivity index (χ0n) is 17.6. The molecule has 0 radical (unpaired) electrons. The normalized spacial score (nSPS) is 14.7. The van der Waals surface area contributed by atoms with Crippen LogP contribution < -0.4 is 10.9 Å². The lowest BCUT2D eigenvalue weighted by molar-refractivity contribution is -0.133. The number of pyridine rings is 1. The highest BCUT2D eigenvalue weighted by atomic mass is 32.1.